The molecule has 3 aliphatic rings. The first-order chi connectivity index (χ1) is 18.0. The molecule has 38 heavy (non-hydrogen) atoms. The normalized spacial score (nSPS) is 28.4. The van der Waals surface area contributed by atoms with E-state index in [9.17, 15) is 19.5 Å². The van der Waals surface area contributed by atoms with E-state index in [1.54, 1.807) is 33.9 Å². The number of aryl methyl sites for hydroxylation is 2. The summed E-state index contributed by atoms with van der Waals surface area (Å²) in [5.41, 5.74) is 1.55. The van der Waals surface area contributed by atoms with Crippen LogP contribution in [0, 0.1) is 31.6 Å². The maximum absolute atomic E-state index is 14.7. The number of hydrogen-bond acceptors (Lipinski definition) is 5. The number of carbonyl (C=O) groups excluding carboxylic acids is 3. The van der Waals surface area contributed by atoms with Crippen LogP contribution in [0.15, 0.2) is 43.5 Å². The molecule has 0 aliphatic carbocycles. The third-order valence-electron chi connectivity index (χ3n) is 8.58. The summed E-state index contributed by atoms with van der Waals surface area (Å²) in [7, 11) is 1.69. The quantitative estimate of drug-likeness (QED) is 0.477. The van der Waals surface area contributed by atoms with Gasteiger partial charge in [0.25, 0.3) is 5.91 Å². The third kappa shape index (κ3) is 4.28. The predicted molar refractivity (Wildman–Crippen MR) is 146 cm³/mol. The van der Waals surface area contributed by atoms with Gasteiger partial charge in [-0.2, -0.15) is 0 Å². The fourth-order valence-electron chi connectivity index (χ4n) is 6.76. The lowest BCUT2D eigenvalue weighted by Crippen LogP contribution is -2.60. The fraction of sp³-hybridized carbons (Fsp3) is 0.567. The molecule has 3 aliphatic heterocycles. The first-order valence-corrected chi connectivity index (χ1v) is 13.5. The van der Waals surface area contributed by atoms with Gasteiger partial charge < -0.3 is 24.5 Å². The zero-order chi connectivity index (χ0) is 27.9. The Morgan fingerprint density at radius 1 is 1.21 bits per heavy atom. The zero-order valence-electron chi connectivity index (χ0n) is 23.2. The highest BCUT2D eigenvalue weighted by Crippen LogP contribution is 2.59. The Kier molecular flexibility index (Phi) is 7.86. The molecule has 0 aromatic heterocycles. The number of nitrogens with zero attached hydrogens (tertiary/aromatic N) is 3. The Hall–Kier alpha value is -2.97. The summed E-state index contributed by atoms with van der Waals surface area (Å²) in [5.74, 6) is -2.32. The molecular formula is C30H41N3O5. The molecule has 8 heteroatoms. The Bertz CT molecular complexity index is 1130. The van der Waals surface area contributed by atoms with E-state index in [2.05, 4.69) is 13.2 Å². The number of hydrogen-bond donors (Lipinski definition) is 1. The summed E-state index contributed by atoms with van der Waals surface area (Å²) in [6.45, 7) is 15.7. The first kappa shape index (κ1) is 28.0. The van der Waals surface area contributed by atoms with Crippen molar-refractivity contribution < 1.29 is 24.2 Å². The molecule has 1 spiro atoms. The van der Waals surface area contributed by atoms with Crippen molar-refractivity contribution in [3.8, 4) is 0 Å². The minimum Gasteiger partial charge on any atom is -0.394 e. The second-order valence-electron chi connectivity index (χ2n) is 11.3. The van der Waals surface area contributed by atoms with Crippen LogP contribution in [0.2, 0.25) is 0 Å². The van der Waals surface area contributed by atoms with Crippen LogP contribution in [0.1, 0.15) is 37.8 Å². The van der Waals surface area contributed by atoms with Crippen LogP contribution in [-0.4, -0.2) is 83.2 Å². The molecule has 1 N–H and O–H groups in total. The van der Waals surface area contributed by atoms with Gasteiger partial charge in [-0.05, 0) is 49.8 Å². The van der Waals surface area contributed by atoms with Crippen molar-refractivity contribution in [2.75, 3.05) is 31.6 Å². The van der Waals surface area contributed by atoms with Gasteiger partial charge in [0.15, 0.2) is 0 Å². The van der Waals surface area contributed by atoms with Gasteiger partial charge in [-0.3, -0.25) is 14.4 Å². The van der Waals surface area contributed by atoms with Crippen LogP contribution in [0.3, 0.4) is 0 Å². The number of likely N-dealkylation sites (N-methyl/N-ethyl adjacent to an activating group) is 1. The van der Waals surface area contributed by atoms with Crippen molar-refractivity contribution >= 4 is 23.4 Å². The van der Waals surface area contributed by atoms with Crippen molar-refractivity contribution in [1.29, 1.82) is 0 Å². The monoisotopic (exact) mass is 523 g/mol. The average molecular weight is 524 g/mol. The van der Waals surface area contributed by atoms with Crippen molar-refractivity contribution in [3.63, 3.8) is 0 Å². The van der Waals surface area contributed by atoms with E-state index in [1.165, 1.54) is 0 Å². The topological polar surface area (TPSA) is 90.4 Å². The molecule has 8 nitrogen and oxygen atoms in total. The summed E-state index contributed by atoms with van der Waals surface area (Å²) in [4.78, 5) is 47.3. The molecule has 3 amide bonds. The number of ether oxygens (including phenoxy) is 1. The molecule has 4 rings (SSSR count). The van der Waals surface area contributed by atoms with E-state index in [4.69, 9.17) is 4.74 Å². The largest absolute Gasteiger partial charge is 0.394 e. The summed E-state index contributed by atoms with van der Waals surface area (Å²) in [6, 6.07) is 4.37. The van der Waals surface area contributed by atoms with Gasteiger partial charge in [-0.15, -0.1) is 13.2 Å². The van der Waals surface area contributed by atoms with Gasteiger partial charge >= 0.3 is 0 Å². The molecule has 2 unspecified atom stereocenters. The molecule has 2 bridgehead atoms. The number of amides is 3. The average Bonchev–Trinajstić information content (AvgIpc) is 3.51. The van der Waals surface area contributed by atoms with Gasteiger partial charge in [-0.1, -0.05) is 38.1 Å². The predicted octanol–water partition coefficient (Wildman–Crippen LogP) is 2.86. The number of anilines is 1. The molecule has 0 saturated carbocycles. The second kappa shape index (κ2) is 10.7. The highest BCUT2D eigenvalue weighted by molar-refractivity contribution is 6.05. The van der Waals surface area contributed by atoms with Crippen molar-refractivity contribution in [2.45, 2.75) is 64.3 Å². The van der Waals surface area contributed by atoms with E-state index < -0.39 is 35.6 Å². The first-order valence-electron chi connectivity index (χ1n) is 13.5. The minimum absolute atomic E-state index is 0.113. The SMILES string of the molecule is C=CCN(C)C(=O)[C@@H]1[C@@H]2CCC3(O2)C(C(=O)N(CC=C)c2cc(C)ccc2C)N([C@@H](CO)C(C)C)C(=O)[C@H]13. The summed E-state index contributed by atoms with van der Waals surface area (Å²) in [6.07, 6.45) is 3.98. The highest BCUT2D eigenvalue weighted by atomic mass is 16.5. The molecule has 1 aromatic carbocycles. The third-order valence-corrected chi connectivity index (χ3v) is 8.58. The van der Waals surface area contributed by atoms with Gasteiger partial charge in [0.2, 0.25) is 11.8 Å². The van der Waals surface area contributed by atoms with Crippen LogP contribution in [0.25, 0.3) is 0 Å². The second-order valence-corrected chi connectivity index (χ2v) is 11.3. The summed E-state index contributed by atoms with van der Waals surface area (Å²) in [5, 5.41) is 10.4. The van der Waals surface area contributed by atoms with Gasteiger partial charge in [0, 0.05) is 25.8 Å². The van der Waals surface area contributed by atoms with Crippen LogP contribution >= 0.6 is 0 Å². The lowest BCUT2D eigenvalue weighted by Gasteiger charge is -2.40. The fourth-order valence-corrected chi connectivity index (χ4v) is 6.76. The van der Waals surface area contributed by atoms with E-state index in [0.29, 0.717) is 19.4 Å². The molecule has 3 saturated heterocycles. The molecule has 0 radical (unpaired) electrons. The van der Waals surface area contributed by atoms with E-state index >= 15 is 0 Å². The van der Waals surface area contributed by atoms with Crippen LogP contribution in [-0.2, 0) is 19.1 Å². The molecule has 1 aromatic rings. The number of benzene rings is 1. The Morgan fingerprint density at radius 3 is 2.50 bits per heavy atom. The molecule has 3 heterocycles. The number of aliphatic hydroxyl groups is 1. The highest BCUT2D eigenvalue weighted by Gasteiger charge is 2.75. The van der Waals surface area contributed by atoms with Crippen molar-refractivity contribution in [1.82, 2.24) is 9.80 Å². The molecule has 6 atom stereocenters. The smallest absolute Gasteiger partial charge is 0.253 e. The van der Waals surface area contributed by atoms with E-state index in [0.717, 1.165) is 16.8 Å². The maximum atomic E-state index is 14.7. The summed E-state index contributed by atoms with van der Waals surface area (Å²) >= 11 is 0. The lowest BCUT2D eigenvalue weighted by molar-refractivity contribution is -0.147. The van der Waals surface area contributed by atoms with Crippen molar-refractivity contribution in [2.24, 2.45) is 17.8 Å². The Morgan fingerprint density at radius 2 is 1.89 bits per heavy atom. The Balaban J connectivity index is 1.85. The van der Waals surface area contributed by atoms with E-state index in [1.807, 2.05) is 45.9 Å². The van der Waals surface area contributed by atoms with Gasteiger partial charge in [0.1, 0.15) is 11.6 Å². The van der Waals surface area contributed by atoms with Crippen LogP contribution in [0.5, 0.6) is 0 Å². The summed E-state index contributed by atoms with van der Waals surface area (Å²) < 4.78 is 6.58. The molecular weight excluding hydrogens is 482 g/mol. The number of aliphatic hydroxyl groups excluding tert-OH is 1. The van der Waals surface area contributed by atoms with Gasteiger partial charge in [-0.25, -0.2) is 0 Å². The standard InChI is InChI=1S/C30H41N3O5/c1-8-14-31(7)27(35)24-23-12-13-30(38-23)25(24)28(36)33(22(17-34)18(3)4)26(30)29(37)32(15-9-2)21-16-19(5)10-11-20(21)6/h8-11,16,18,22-26,34H,1-2,12-15,17H2,3-7H3/t22-,23-,24+,25-,26?,30?/m0/s1. The maximum Gasteiger partial charge on any atom is 0.253 e. The number of fused-ring (bicyclic) bond motifs is 1. The van der Waals surface area contributed by atoms with E-state index in [-0.39, 0.29) is 36.8 Å². The molecule has 206 valence electrons. The molecule has 3 fully saturated rings. The number of likely N-dealkylation sites (tertiary alicyclic amines) is 1. The van der Waals surface area contributed by atoms with Crippen LogP contribution < -0.4 is 4.90 Å². The van der Waals surface area contributed by atoms with Crippen LogP contribution in [0.4, 0.5) is 5.69 Å². The van der Waals surface area contributed by atoms with Gasteiger partial charge in [0.05, 0.1) is 30.6 Å². The number of rotatable bonds is 10. The number of carbonyl (C=O) groups is 3. The minimum atomic E-state index is -1.13. The Labute approximate surface area is 225 Å². The van der Waals surface area contributed by atoms with Crippen molar-refractivity contribution in [3.05, 3.63) is 54.6 Å². The lowest BCUT2D eigenvalue weighted by atomic mass is 9.70. The zero-order valence-corrected chi connectivity index (χ0v) is 23.2.